The van der Waals surface area contributed by atoms with Gasteiger partial charge in [0.05, 0.1) is 46.2 Å². The summed E-state index contributed by atoms with van der Waals surface area (Å²) >= 11 is 0. The highest BCUT2D eigenvalue weighted by Gasteiger charge is 2.32. The van der Waals surface area contributed by atoms with E-state index in [1.807, 2.05) is 18.0 Å². The number of nitriles is 1. The van der Waals surface area contributed by atoms with Crippen LogP contribution in [-0.2, 0) is 6.18 Å². The lowest BCUT2D eigenvalue weighted by atomic mass is 10.2. The Hall–Kier alpha value is -4.63. The van der Waals surface area contributed by atoms with E-state index in [0.29, 0.717) is 29.9 Å². The van der Waals surface area contributed by atoms with Crippen LogP contribution in [0, 0.1) is 18.3 Å². The Morgan fingerprint density at radius 1 is 1.13 bits per heavy atom. The number of nitrogens with zero attached hydrogens (tertiary/aromatic N) is 6. The topological polar surface area (TPSA) is 101 Å². The number of likely N-dealkylation sites (tertiary alicyclic amines) is 1. The average Bonchev–Trinajstić information content (AvgIpc) is 3.61. The van der Waals surface area contributed by atoms with Gasteiger partial charge >= 0.3 is 17.9 Å². The molecule has 0 saturated carbocycles. The third-order valence-electron chi connectivity index (χ3n) is 6.76. The second-order valence-electron chi connectivity index (χ2n) is 9.42. The normalized spacial score (nSPS) is 15.8. The first kappa shape index (κ1) is 26.0. The van der Waals surface area contributed by atoms with Crippen LogP contribution in [0.5, 0.6) is 0 Å². The molecule has 1 aliphatic rings. The van der Waals surface area contributed by atoms with E-state index < -0.39 is 23.5 Å². The van der Waals surface area contributed by atoms with Crippen molar-refractivity contribution in [1.29, 1.82) is 5.26 Å². The molecule has 0 bridgehead atoms. The monoisotopic (exact) mass is 535 g/mol. The molecule has 0 aliphatic carbocycles. The maximum atomic E-state index is 13.8. The van der Waals surface area contributed by atoms with E-state index in [0.717, 1.165) is 27.8 Å². The number of carbonyl (C=O) groups is 1. The zero-order valence-electron chi connectivity index (χ0n) is 21.1. The molecule has 0 radical (unpaired) electrons. The van der Waals surface area contributed by atoms with E-state index in [9.17, 15) is 22.8 Å². The molecular formula is C27H24F3N7O2. The van der Waals surface area contributed by atoms with Gasteiger partial charge in [-0.3, -0.25) is 4.57 Å². The number of alkyl halides is 3. The first-order valence-electron chi connectivity index (χ1n) is 12.1. The minimum atomic E-state index is -4.61. The lowest BCUT2D eigenvalue weighted by molar-refractivity contribution is -0.137. The fourth-order valence-corrected chi connectivity index (χ4v) is 4.88. The molecule has 1 aliphatic heterocycles. The van der Waals surface area contributed by atoms with Crippen molar-refractivity contribution in [2.75, 3.05) is 20.1 Å². The van der Waals surface area contributed by atoms with Crippen LogP contribution in [0.1, 0.15) is 23.2 Å². The maximum absolute atomic E-state index is 13.8. The van der Waals surface area contributed by atoms with E-state index in [2.05, 4.69) is 10.4 Å². The van der Waals surface area contributed by atoms with Crippen molar-refractivity contribution in [3.63, 3.8) is 0 Å². The van der Waals surface area contributed by atoms with Crippen LogP contribution in [0.2, 0.25) is 0 Å². The lowest BCUT2D eigenvalue weighted by Gasteiger charge is -2.15. The number of likely N-dealkylation sites (N-methyl/N-ethyl adjacent to an activating group) is 1. The average molecular weight is 536 g/mol. The predicted octanol–water partition coefficient (Wildman–Crippen LogP) is 3.95. The minimum Gasteiger partial charge on any atom is -0.333 e. The zero-order valence-corrected chi connectivity index (χ0v) is 21.1. The van der Waals surface area contributed by atoms with Crippen LogP contribution in [0.3, 0.4) is 0 Å². The Labute approximate surface area is 221 Å². The number of amides is 1. The molecule has 1 saturated heterocycles. The van der Waals surface area contributed by atoms with Gasteiger partial charge in [-0.2, -0.15) is 23.5 Å². The van der Waals surface area contributed by atoms with Crippen molar-refractivity contribution < 1.29 is 18.0 Å². The van der Waals surface area contributed by atoms with Crippen LogP contribution in [0.15, 0.2) is 65.6 Å². The van der Waals surface area contributed by atoms with Gasteiger partial charge in [0, 0.05) is 12.6 Å². The van der Waals surface area contributed by atoms with Crippen molar-refractivity contribution >= 4 is 6.03 Å². The van der Waals surface area contributed by atoms with Crippen LogP contribution in [-0.4, -0.2) is 56.0 Å². The summed E-state index contributed by atoms with van der Waals surface area (Å²) < 4.78 is 44.0. The Kier molecular flexibility index (Phi) is 6.61. The molecule has 0 unspecified atom stereocenters. The zero-order chi connectivity index (χ0) is 27.9. The van der Waals surface area contributed by atoms with Crippen LogP contribution in [0.25, 0.3) is 22.8 Å². The molecule has 3 heterocycles. The highest BCUT2D eigenvalue weighted by Crippen LogP contribution is 2.32. The fourth-order valence-electron chi connectivity index (χ4n) is 4.88. The number of nitrogens with one attached hydrogen (secondary N) is 1. The van der Waals surface area contributed by atoms with Gasteiger partial charge in [0.25, 0.3) is 0 Å². The smallest absolute Gasteiger partial charge is 0.333 e. The van der Waals surface area contributed by atoms with E-state index in [4.69, 9.17) is 5.26 Å². The van der Waals surface area contributed by atoms with Crippen molar-refractivity contribution in [3.8, 4) is 28.8 Å². The van der Waals surface area contributed by atoms with Crippen molar-refractivity contribution in [2.45, 2.75) is 25.6 Å². The molecule has 2 aromatic heterocycles. The van der Waals surface area contributed by atoms with Crippen LogP contribution in [0.4, 0.5) is 18.0 Å². The van der Waals surface area contributed by atoms with Crippen LogP contribution < -0.4 is 11.0 Å². The van der Waals surface area contributed by atoms with Gasteiger partial charge in [0.2, 0.25) is 0 Å². The molecule has 39 heavy (non-hydrogen) atoms. The molecule has 4 aromatic rings. The quantitative estimate of drug-likeness (QED) is 0.427. The third-order valence-corrected chi connectivity index (χ3v) is 6.76. The molecule has 1 atom stereocenters. The predicted molar refractivity (Wildman–Crippen MR) is 137 cm³/mol. The Balaban J connectivity index is 1.70. The van der Waals surface area contributed by atoms with Gasteiger partial charge in [-0.15, -0.1) is 0 Å². The summed E-state index contributed by atoms with van der Waals surface area (Å²) in [7, 11) is 1.92. The Morgan fingerprint density at radius 2 is 1.87 bits per heavy atom. The number of benzene rings is 2. The highest BCUT2D eigenvalue weighted by atomic mass is 19.4. The van der Waals surface area contributed by atoms with Gasteiger partial charge < -0.3 is 10.2 Å². The van der Waals surface area contributed by atoms with Gasteiger partial charge in [0.15, 0.2) is 0 Å². The van der Waals surface area contributed by atoms with Gasteiger partial charge in [-0.05, 0) is 75.5 Å². The fraction of sp³-hybridized carbons (Fsp3) is 0.259. The van der Waals surface area contributed by atoms with Crippen molar-refractivity contribution in [3.05, 3.63) is 88.1 Å². The second kappa shape index (κ2) is 9.92. The molecule has 9 nitrogen and oxygen atoms in total. The summed E-state index contributed by atoms with van der Waals surface area (Å²) in [5.41, 5.74) is 0.0783. The molecule has 200 valence electrons. The third kappa shape index (κ3) is 4.84. The SMILES string of the molecule is Cc1c(-c2ccnn2-c2ccc(C#N)cc2)n(C(=O)N[C@@H]2CCN(C)C2)c(=O)n1-c1cccc(C(F)(F)F)c1. The molecule has 1 N–H and O–H groups in total. The number of rotatable bonds is 4. The summed E-state index contributed by atoms with van der Waals surface area (Å²) in [5, 5.41) is 16.4. The molecule has 0 spiro atoms. The second-order valence-corrected chi connectivity index (χ2v) is 9.42. The molecular weight excluding hydrogens is 511 g/mol. The van der Waals surface area contributed by atoms with E-state index in [1.165, 1.54) is 23.0 Å². The van der Waals surface area contributed by atoms with E-state index in [-0.39, 0.29) is 23.1 Å². The first-order chi connectivity index (χ1) is 18.6. The number of carbonyl (C=O) groups excluding carboxylic acids is 1. The van der Waals surface area contributed by atoms with Gasteiger partial charge in [-0.1, -0.05) is 6.07 Å². The molecule has 2 aromatic carbocycles. The number of hydrogen-bond donors (Lipinski definition) is 1. The minimum absolute atomic E-state index is 0.0230. The number of hydrogen-bond acceptors (Lipinski definition) is 5. The lowest BCUT2D eigenvalue weighted by Crippen LogP contribution is -2.43. The molecule has 5 rings (SSSR count). The summed E-state index contributed by atoms with van der Waals surface area (Å²) in [6, 6.07) is 13.8. The van der Waals surface area contributed by atoms with Crippen molar-refractivity contribution in [1.82, 2.24) is 29.1 Å². The standard InChI is InChI=1S/C27H24F3N7O2/c1-17-24(23-10-12-32-37(23)21-8-6-18(15-31)7-9-21)36(25(38)33-20-11-13-34(2)16-20)26(39)35(17)22-5-3-4-19(14-22)27(28,29)30/h3-10,12,14,20H,11,13,16H2,1-2H3,(H,33,38)/t20-/m1/s1. The van der Waals surface area contributed by atoms with Gasteiger partial charge in [0.1, 0.15) is 5.69 Å². The molecule has 1 amide bonds. The number of halogens is 3. The Morgan fingerprint density at radius 3 is 2.51 bits per heavy atom. The molecule has 1 fully saturated rings. The number of imidazole rings is 1. The highest BCUT2D eigenvalue weighted by molar-refractivity contribution is 5.83. The van der Waals surface area contributed by atoms with Crippen LogP contribution >= 0.6 is 0 Å². The number of aromatic nitrogens is 4. The van der Waals surface area contributed by atoms with E-state index in [1.54, 1.807) is 37.3 Å². The van der Waals surface area contributed by atoms with Gasteiger partial charge in [-0.25, -0.2) is 18.8 Å². The first-order valence-corrected chi connectivity index (χ1v) is 12.1. The maximum Gasteiger partial charge on any atom is 0.416 e. The van der Waals surface area contributed by atoms with Crippen molar-refractivity contribution in [2.24, 2.45) is 0 Å². The summed E-state index contributed by atoms with van der Waals surface area (Å²) in [6.07, 6.45) is -2.42. The largest absolute Gasteiger partial charge is 0.416 e. The molecule has 12 heteroatoms. The Bertz CT molecular complexity index is 1640. The van der Waals surface area contributed by atoms with E-state index >= 15 is 0 Å². The summed E-state index contributed by atoms with van der Waals surface area (Å²) in [5.74, 6) is 0. The summed E-state index contributed by atoms with van der Waals surface area (Å²) in [6.45, 7) is 2.95. The summed E-state index contributed by atoms with van der Waals surface area (Å²) in [4.78, 5) is 29.4.